The van der Waals surface area contributed by atoms with Crippen molar-refractivity contribution in [3.63, 3.8) is 0 Å². The van der Waals surface area contributed by atoms with Crippen molar-refractivity contribution in [1.29, 1.82) is 0 Å². The highest BCUT2D eigenvalue weighted by Gasteiger charge is 2.17. The zero-order valence-corrected chi connectivity index (χ0v) is 11.3. The normalized spacial score (nSPS) is 16.9. The number of benzene rings is 2. The summed E-state index contributed by atoms with van der Waals surface area (Å²) in [6.45, 7) is 2.36. The maximum Gasteiger partial charge on any atom is 0.221 e. The molecule has 0 aliphatic carbocycles. The molecule has 1 atom stereocenters. The lowest BCUT2D eigenvalue weighted by molar-refractivity contribution is -0.114. The highest BCUT2D eigenvalue weighted by atomic mass is 16.1. The van der Waals surface area contributed by atoms with Gasteiger partial charge in [0.05, 0.1) is 0 Å². The Morgan fingerprint density at radius 3 is 2.65 bits per heavy atom. The first-order valence-corrected chi connectivity index (χ1v) is 6.68. The molecule has 4 nitrogen and oxygen atoms in total. The maximum absolute atomic E-state index is 11.0. The van der Waals surface area contributed by atoms with Crippen molar-refractivity contribution in [1.82, 2.24) is 5.32 Å². The van der Waals surface area contributed by atoms with Crippen LogP contribution in [0.25, 0.3) is 0 Å². The van der Waals surface area contributed by atoms with Gasteiger partial charge in [-0.25, -0.2) is 0 Å². The van der Waals surface area contributed by atoms with Crippen LogP contribution in [0.15, 0.2) is 48.5 Å². The van der Waals surface area contributed by atoms with Gasteiger partial charge in [-0.2, -0.15) is 0 Å². The van der Waals surface area contributed by atoms with E-state index in [9.17, 15) is 4.79 Å². The largest absolute Gasteiger partial charge is 0.366 e. The second-order valence-corrected chi connectivity index (χ2v) is 4.92. The topological polar surface area (TPSA) is 53.2 Å². The van der Waals surface area contributed by atoms with Gasteiger partial charge in [-0.15, -0.1) is 0 Å². The predicted molar refractivity (Wildman–Crippen MR) is 80.4 cm³/mol. The Bertz CT molecular complexity index is 622. The molecule has 0 bridgehead atoms. The molecular weight excluding hydrogens is 250 g/mol. The lowest BCUT2D eigenvalue weighted by Crippen LogP contribution is -2.32. The molecule has 2 aromatic rings. The van der Waals surface area contributed by atoms with E-state index in [1.165, 1.54) is 18.2 Å². The summed E-state index contributed by atoms with van der Waals surface area (Å²) in [5, 5.41) is 9.70. The number of anilines is 2. The number of rotatable bonds is 2. The van der Waals surface area contributed by atoms with E-state index in [0.29, 0.717) is 0 Å². The molecule has 1 heterocycles. The van der Waals surface area contributed by atoms with Gasteiger partial charge in [0.2, 0.25) is 5.91 Å². The Balaban J connectivity index is 1.76. The molecule has 1 unspecified atom stereocenters. The molecule has 0 aromatic heterocycles. The van der Waals surface area contributed by atoms with Gasteiger partial charge in [0.1, 0.15) is 6.17 Å². The lowest BCUT2D eigenvalue weighted by Gasteiger charge is -2.28. The number of carbonyl (C=O) groups excluding carboxylic acids is 1. The van der Waals surface area contributed by atoms with Crippen molar-refractivity contribution in [3.8, 4) is 0 Å². The summed E-state index contributed by atoms with van der Waals surface area (Å²) in [6.07, 6.45) is 0.0938. The minimum atomic E-state index is -0.0550. The van der Waals surface area contributed by atoms with Crippen molar-refractivity contribution in [2.75, 3.05) is 10.6 Å². The van der Waals surface area contributed by atoms with Crippen molar-refractivity contribution < 1.29 is 4.79 Å². The van der Waals surface area contributed by atoms with Crippen LogP contribution in [0.1, 0.15) is 24.2 Å². The Morgan fingerprint density at radius 2 is 1.90 bits per heavy atom. The summed E-state index contributed by atoms with van der Waals surface area (Å²) in [5.41, 5.74) is 4.41. The van der Waals surface area contributed by atoms with Crippen LogP contribution < -0.4 is 16.0 Å². The molecule has 1 amide bonds. The quantitative estimate of drug-likeness (QED) is 0.784. The highest BCUT2D eigenvalue weighted by Crippen LogP contribution is 2.26. The molecule has 4 heteroatoms. The number of fused-ring (bicyclic) bond motifs is 1. The number of hydrogen-bond donors (Lipinski definition) is 3. The van der Waals surface area contributed by atoms with Crippen molar-refractivity contribution in [3.05, 3.63) is 59.7 Å². The smallest absolute Gasteiger partial charge is 0.221 e. The molecule has 0 radical (unpaired) electrons. The SMILES string of the molecule is CC(=O)Nc1ccc(C2NCc3ccccc3N2)cc1. The van der Waals surface area contributed by atoms with Gasteiger partial charge >= 0.3 is 0 Å². The lowest BCUT2D eigenvalue weighted by atomic mass is 10.1. The molecule has 1 aliphatic rings. The molecule has 0 saturated carbocycles. The Morgan fingerprint density at radius 1 is 1.15 bits per heavy atom. The first-order valence-electron chi connectivity index (χ1n) is 6.68. The fourth-order valence-electron chi connectivity index (χ4n) is 2.40. The van der Waals surface area contributed by atoms with Crippen LogP contribution in [0.5, 0.6) is 0 Å². The summed E-state index contributed by atoms with van der Waals surface area (Å²) >= 11 is 0. The molecule has 0 spiro atoms. The number of hydrogen-bond acceptors (Lipinski definition) is 3. The van der Waals surface area contributed by atoms with E-state index < -0.39 is 0 Å². The molecule has 0 saturated heterocycles. The number of amides is 1. The van der Waals surface area contributed by atoms with Crippen molar-refractivity contribution in [2.24, 2.45) is 0 Å². The third kappa shape index (κ3) is 2.65. The van der Waals surface area contributed by atoms with E-state index in [2.05, 4.69) is 28.1 Å². The van der Waals surface area contributed by atoms with Gasteiger partial charge in [-0.1, -0.05) is 30.3 Å². The maximum atomic E-state index is 11.0. The standard InChI is InChI=1S/C16H17N3O/c1-11(20)18-14-8-6-12(7-9-14)16-17-10-13-4-2-3-5-15(13)19-16/h2-9,16-17,19H,10H2,1H3,(H,18,20). The summed E-state index contributed by atoms with van der Waals surface area (Å²) in [6, 6.07) is 16.2. The first kappa shape index (κ1) is 12.7. The van der Waals surface area contributed by atoms with Crippen LogP contribution in [0.2, 0.25) is 0 Å². The predicted octanol–water partition coefficient (Wildman–Crippen LogP) is 2.86. The van der Waals surface area contributed by atoms with E-state index in [0.717, 1.165) is 17.8 Å². The average molecular weight is 267 g/mol. The van der Waals surface area contributed by atoms with Crippen molar-refractivity contribution >= 4 is 17.3 Å². The van der Waals surface area contributed by atoms with Gasteiger partial charge < -0.3 is 10.6 Å². The fraction of sp³-hybridized carbons (Fsp3) is 0.188. The molecule has 3 N–H and O–H groups in total. The Kier molecular flexibility index (Phi) is 3.39. The van der Waals surface area contributed by atoms with Crippen LogP contribution in [-0.2, 0) is 11.3 Å². The highest BCUT2D eigenvalue weighted by molar-refractivity contribution is 5.88. The van der Waals surface area contributed by atoms with Crippen LogP contribution in [0.3, 0.4) is 0 Å². The summed E-state index contributed by atoms with van der Waals surface area (Å²) in [5.74, 6) is -0.0550. The van der Waals surface area contributed by atoms with Crippen LogP contribution in [0, 0.1) is 0 Å². The molecule has 0 fully saturated rings. The van der Waals surface area contributed by atoms with Crippen molar-refractivity contribution in [2.45, 2.75) is 19.6 Å². The molecular formula is C16H17N3O. The monoisotopic (exact) mass is 267 g/mol. The number of nitrogens with one attached hydrogen (secondary N) is 3. The summed E-state index contributed by atoms with van der Waals surface area (Å²) in [7, 11) is 0. The number of para-hydroxylation sites is 1. The van der Waals surface area contributed by atoms with E-state index in [1.807, 2.05) is 36.4 Å². The van der Waals surface area contributed by atoms with Gasteiger partial charge in [-0.05, 0) is 29.3 Å². The third-order valence-electron chi connectivity index (χ3n) is 3.38. The Hall–Kier alpha value is -2.33. The number of carbonyl (C=O) groups is 1. The minimum Gasteiger partial charge on any atom is -0.366 e. The van der Waals surface area contributed by atoms with E-state index in [1.54, 1.807) is 0 Å². The van der Waals surface area contributed by atoms with Gasteiger partial charge in [0.25, 0.3) is 0 Å². The molecule has 2 aromatic carbocycles. The van der Waals surface area contributed by atoms with Gasteiger partial charge in [0, 0.05) is 24.8 Å². The van der Waals surface area contributed by atoms with Gasteiger partial charge in [0.15, 0.2) is 0 Å². The second kappa shape index (κ2) is 5.35. The third-order valence-corrected chi connectivity index (χ3v) is 3.38. The van der Waals surface area contributed by atoms with Gasteiger partial charge in [-0.3, -0.25) is 10.1 Å². The molecule has 1 aliphatic heterocycles. The minimum absolute atomic E-state index is 0.0550. The summed E-state index contributed by atoms with van der Waals surface area (Å²) < 4.78 is 0. The Labute approximate surface area is 118 Å². The van der Waals surface area contributed by atoms with E-state index in [-0.39, 0.29) is 12.1 Å². The zero-order valence-electron chi connectivity index (χ0n) is 11.3. The van der Waals surface area contributed by atoms with Crippen LogP contribution in [-0.4, -0.2) is 5.91 Å². The second-order valence-electron chi connectivity index (χ2n) is 4.92. The van der Waals surface area contributed by atoms with Crippen LogP contribution >= 0.6 is 0 Å². The molecule has 3 rings (SSSR count). The average Bonchev–Trinajstić information content (AvgIpc) is 2.47. The zero-order chi connectivity index (χ0) is 13.9. The van der Waals surface area contributed by atoms with E-state index >= 15 is 0 Å². The molecule has 102 valence electrons. The molecule has 20 heavy (non-hydrogen) atoms. The van der Waals surface area contributed by atoms with Crippen LogP contribution in [0.4, 0.5) is 11.4 Å². The fourth-order valence-corrected chi connectivity index (χ4v) is 2.40. The first-order chi connectivity index (χ1) is 9.72. The summed E-state index contributed by atoms with van der Waals surface area (Å²) in [4.78, 5) is 11.0. The van der Waals surface area contributed by atoms with E-state index in [4.69, 9.17) is 0 Å².